The Bertz CT molecular complexity index is 534. The van der Waals surface area contributed by atoms with Crippen molar-refractivity contribution in [2.75, 3.05) is 26.2 Å². The van der Waals surface area contributed by atoms with Crippen molar-refractivity contribution in [3.8, 4) is 11.7 Å². The number of nitrogens with one attached hydrogen (secondary N) is 1. The lowest BCUT2D eigenvalue weighted by atomic mass is 10.2. The summed E-state index contributed by atoms with van der Waals surface area (Å²) in [7, 11) is 0. The molecule has 0 radical (unpaired) electrons. The Morgan fingerprint density at radius 2 is 2.38 bits per heavy atom. The molecule has 114 valence electrons. The van der Waals surface area contributed by atoms with Gasteiger partial charge in [0.05, 0.1) is 19.4 Å². The molecule has 1 saturated heterocycles. The number of aromatic nitrogens is 2. The van der Waals surface area contributed by atoms with Crippen LogP contribution in [0.5, 0.6) is 0 Å². The Morgan fingerprint density at radius 3 is 3.10 bits per heavy atom. The van der Waals surface area contributed by atoms with E-state index in [1.54, 1.807) is 18.4 Å². The van der Waals surface area contributed by atoms with E-state index in [4.69, 9.17) is 8.83 Å². The van der Waals surface area contributed by atoms with Crippen molar-refractivity contribution >= 4 is 0 Å². The van der Waals surface area contributed by atoms with E-state index in [0.717, 1.165) is 13.1 Å². The Kier molecular flexibility index (Phi) is 4.64. The molecule has 0 saturated carbocycles. The van der Waals surface area contributed by atoms with Crippen LogP contribution in [-0.2, 0) is 6.54 Å². The van der Waals surface area contributed by atoms with Crippen LogP contribution in [0.15, 0.2) is 27.2 Å². The largest absolute Gasteiger partial charge is 0.459 e. The molecule has 2 aromatic heterocycles. The molecule has 21 heavy (non-hydrogen) atoms. The summed E-state index contributed by atoms with van der Waals surface area (Å²) in [6.07, 6.45) is 3.95. The molecule has 3 rings (SSSR count). The zero-order valence-corrected chi connectivity index (χ0v) is 11.9. The molecule has 0 aromatic carbocycles. The normalized spacial score (nSPS) is 18.7. The molecular formula is C14H20N4O3. The van der Waals surface area contributed by atoms with E-state index >= 15 is 0 Å². The monoisotopic (exact) mass is 292 g/mol. The minimum absolute atomic E-state index is 0.117. The zero-order valence-electron chi connectivity index (χ0n) is 11.9. The Balaban J connectivity index is 1.62. The first-order chi connectivity index (χ1) is 10.3. The van der Waals surface area contributed by atoms with Crippen molar-refractivity contribution < 1.29 is 13.9 Å². The van der Waals surface area contributed by atoms with Gasteiger partial charge in [-0.3, -0.25) is 4.90 Å². The molecule has 0 spiro atoms. The summed E-state index contributed by atoms with van der Waals surface area (Å²) in [4.78, 5) is 2.13. The smallest absolute Gasteiger partial charge is 0.283 e. The topological polar surface area (TPSA) is 87.6 Å². The predicted octanol–water partition coefficient (Wildman–Crippen LogP) is 0.876. The van der Waals surface area contributed by atoms with E-state index in [1.165, 1.54) is 12.8 Å². The SMILES string of the molecule is OCCN(Cc1nnc(-c2ccco2)o1)CC1CCCN1. The first-order valence-corrected chi connectivity index (χ1v) is 7.28. The minimum Gasteiger partial charge on any atom is -0.459 e. The standard InChI is InChI=1S/C14H20N4O3/c19-7-6-18(9-11-3-1-5-15-11)10-13-16-17-14(21-13)12-4-2-8-20-12/h2,4,8,11,15,19H,1,3,5-7,9-10H2. The molecule has 1 fully saturated rings. The molecule has 1 aliphatic rings. The summed E-state index contributed by atoms with van der Waals surface area (Å²) in [5.41, 5.74) is 0. The first-order valence-electron chi connectivity index (χ1n) is 7.28. The first kappa shape index (κ1) is 14.2. The Labute approximate surface area is 123 Å². The average Bonchev–Trinajstić information content (AvgIpc) is 3.21. The van der Waals surface area contributed by atoms with Gasteiger partial charge in [0.15, 0.2) is 5.76 Å². The second-order valence-corrected chi connectivity index (χ2v) is 5.23. The van der Waals surface area contributed by atoms with E-state index in [2.05, 4.69) is 20.4 Å². The fraction of sp³-hybridized carbons (Fsp3) is 0.571. The minimum atomic E-state index is 0.117. The number of nitrogens with zero attached hydrogens (tertiary/aromatic N) is 3. The van der Waals surface area contributed by atoms with Crippen molar-refractivity contribution in [2.24, 2.45) is 0 Å². The third kappa shape index (κ3) is 3.69. The fourth-order valence-corrected chi connectivity index (χ4v) is 2.61. The van der Waals surface area contributed by atoms with Crippen molar-refractivity contribution in [1.82, 2.24) is 20.4 Å². The van der Waals surface area contributed by atoms with Crippen molar-refractivity contribution in [2.45, 2.75) is 25.4 Å². The van der Waals surface area contributed by atoms with Crippen LogP contribution >= 0.6 is 0 Å². The summed E-state index contributed by atoms with van der Waals surface area (Å²) in [6, 6.07) is 4.04. The number of rotatable bonds is 7. The number of hydrogen-bond acceptors (Lipinski definition) is 7. The van der Waals surface area contributed by atoms with Crippen LogP contribution in [0.3, 0.4) is 0 Å². The molecule has 2 aromatic rings. The van der Waals surface area contributed by atoms with Gasteiger partial charge < -0.3 is 19.3 Å². The van der Waals surface area contributed by atoms with Crippen molar-refractivity contribution in [3.05, 3.63) is 24.3 Å². The van der Waals surface area contributed by atoms with Gasteiger partial charge in [0.2, 0.25) is 5.89 Å². The quantitative estimate of drug-likeness (QED) is 0.783. The fourth-order valence-electron chi connectivity index (χ4n) is 2.61. The van der Waals surface area contributed by atoms with Crippen LogP contribution in [0.1, 0.15) is 18.7 Å². The number of furan rings is 1. The zero-order chi connectivity index (χ0) is 14.5. The van der Waals surface area contributed by atoms with Gasteiger partial charge in [-0.1, -0.05) is 0 Å². The molecule has 0 aliphatic carbocycles. The third-order valence-corrected chi connectivity index (χ3v) is 3.61. The number of aliphatic hydroxyl groups excluding tert-OH is 1. The van der Waals surface area contributed by atoms with Gasteiger partial charge in [-0.05, 0) is 31.5 Å². The predicted molar refractivity (Wildman–Crippen MR) is 75.4 cm³/mol. The maximum Gasteiger partial charge on any atom is 0.283 e. The molecule has 1 aliphatic heterocycles. The summed E-state index contributed by atoms with van der Waals surface area (Å²) >= 11 is 0. The molecule has 0 amide bonds. The Hall–Kier alpha value is -1.70. The van der Waals surface area contributed by atoms with Crippen LogP contribution in [0.25, 0.3) is 11.7 Å². The third-order valence-electron chi connectivity index (χ3n) is 3.61. The molecule has 7 nitrogen and oxygen atoms in total. The van der Waals surface area contributed by atoms with Crippen LogP contribution in [-0.4, -0.2) is 52.5 Å². The second kappa shape index (κ2) is 6.84. The Morgan fingerprint density at radius 1 is 1.43 bits per heavy atom. The molecule has 3 heterocycles. The summed E-state index contributed by atoms with van der Waals surface area (Å²) in [5.74, 6) is 1.49. The van der Waals surface area contributed by atoms with E-state index < -0.39 is 0 Å². The average molecular weight is 292 g/mol. The van der Waals surface area contributed by atoms with E-state index in [-0.39, 0.29) is 6.61 Å². The van der Waals surface area contributed by atoms with Gasteiger partial charge in [0.1, 0.15) is 0 Å². The van der Waals surface area contributed by atoms with E-state index in [1.807, 2.05) is 0 Å². The number of aliphatic hydroxyl groups is 1. The lowest BCUT2D eigenvalue weighted by molar-refractivity contribution is 0.168. The van der Waals surface area contributed by atoms with Crippen LogP contribution < -0.4 is 5.32 Å². The molecule has 1 atom stereocenters. The van der Waals surface area contributed by atoms with Gasteiger partial charge in [-0.25, -0.2) is 0 Å². The highest BCUT2D eigenvalue weighted by Gasteiger charge is 2.20. The lowest BCUT2D eigenvalue weighted by Crippen LogP contribution is -2.38. The van der Waals surface area contributed by atoms with Gasteiger partial charge >= 0.3 is 0 Å². The highest BCUT2D eigenvalue weighted by Crippen LogP contribution is 2.18. The summed E-state index contributed by atoms with van der Waals surface area (Å²) in [6.45, 7) is 3.19. The molecule has 1 unspecified atom stereocenters. The van der Waals surface area contributed by atoms with Crippen LogP contribution in [0.2, 0.25) is 0 Å². The van der Waals surface area contributed by atoms with Crippen LogP contribution in [0, 0.1) is 0 Å². The van der Waals surface area contributed by atoms with Crippen molar-refractivity contribution in [3.63, 3.8) is 0 Å². The van der Waals surface area contributed by atoms with Gasteiger partial charge in [-0.15, -0.1) is 10.2 Å². The maximum absolute atomic E-state index is 9.20. The molecule has 7 heteroatoms. The summed E-state index contributed by atoms with van der Waals surface area (Å²) in [5, 5.41) is 20.7. The maximum atomic E-state index is 9.20. The molecule has 2 N–H and O–H groups in total. The number of hydrogen-bond donors (Lipinski definition) is 2. The lowest BCUT2D eigenvalue weighted by Gasteiger charge is -2.23. The highest BCUT2D eigenvalue weighted by atomic mass is 16.4. The van der Waals surface area contributed by atoms with Crippen molar-refractivity contribution in [1.29, 1.82) is 0 Å². The van der Waals surface area contributed by atoms with E-state index in [9.17, 15) is 5.11 Å². The molecular weight excluding hydrogens is 272 g/mol. The van der Waals surface area contributed by atoms with Crippen LogP contribution in [0.4, 0.5) is 0 Å². The second-order valence-electron chi connectivity index (χ2n) is 5.23. The molecule has 0 bridgehead atoms. The van der Waals surface area contributed by atoms with Gasteiger partial charge in [0.25, 0.3) is 5.89 Å². The highest BCUT2D eigenvalue weighted by molar-refractivity contribution is 5.42. The van der Waals surface area contributed by atoms with E-state index in [0.29, 0.717) is 36.7 Å². The van der Waals surface area contributed by atoms with Gasteiger partial charge in [-0.2, -0.15) is 0 Å². The summed E-state index contributed by atoms with van der Waals surface area (Å²) < 4.78 is 10.8. The van der Waals surface area contributed by atoms with Gasteiger partial charge in [0, 0.05) is 19.1 Å².